The molecule has 0 fully saturated rings. The highest BCUT2D eigenvalue weighted by molar-refractivity contribution is 5.85. The number of nitriles is 1. The van der Waals surface area contributed by atoms with E-state index in [0.29, 0.717) is 5.56 Å². The Kier molecular flexibility index (Phi) is 3.21. The van der Waals surface area contributed by atoms with E-state index in [9.17, 15) is 5.26 Å². The molecule has 4 heterocycles. The van der Waals surface area contributed by atoms with E-state index in [1.807, 2.05) is 25.6 Å². The van der Waals surface area contributed by atoms with E-state index in [-0.39, 0.29) is 0 Å². The van der Waals surface area contributed by atoms with Crippen molar-refractivity contribution in [2.45, 2.75) is 6.42 Å². The van der Waals surface area contributed by atoms with Gasteiger partial charge in [0.25, 0.3) is 0 Å². The number of nitrogens with one attached hydrogen (secondary N) is 1. The van der Waals surface area contributed by atoms with Gasteiger partial charge >= 0.3 is 0 Å². The molecule has 0 saturated carbocycles. The molecule has 0 aliphatic carbocycles. The number of hydrogen-bond donors (Lipinski definition) is 1. The van der Waals surface area contributed by atoms with Crippen LogP contribution in [-0.4, -0.2) is 32.5 Å². The minimum absolute atomic E-state index is 0.608. The minimum atomic E-state index is 0.608. The molecule has 0 saturated heterocycles. The van der Waals surface area contributed by atoms with Crippen LogP contribution in [0.1, 0.15) is 17.5 Å². The van der Waals surface area contributed by atoms with Gasteiger partial charge in [0.15, 0.2) is 0 Å². The highest BCUT2D eigenvalue weighted by Crippen LogP contribution is 2.31. The van der Waals surface area contributed by atoms with Crippen LogP contribution in [0.2, 0.25) is 0 Å². The number of aromatic nitrogens is 4. The summed E-state index contributed by atoms with van der Waals surface area (Å²) in [6.07, 6.45) is 10.6. The monoisotopic (exact) mass is 304 g/mol. The van der Waals surface area contributed by atoms with Gasteiger partial charge in [-0.3, -0.25) is 4.68 Å². The van der Waals surface area contributed by atoms with E-state index in [1.165, 1.54) is 5.57 Å². The van der Waals surface area contributed by atoms with Gasteiger partial charge in [0.05, 0.1) is 23.5 Å². The molecule has 1 N–H and O–H groups in total. The van der Waals surface area contributed by atoms with Crippen LogP contribution < -0.4 is 5.32 Å². The normalized spacial score (nSPS) is 14.7. The first-order valence-electron chi connectivity index (χ1n) is 7.57. The molecule has 1 aliphatic heterocycles. The first-order chi connectivity index (χ1) is 11.3. The Hall–Kier alpha value is -2.91. The van der Waals surface area contributed by atoms with Crippen molar-refractivity contribution in [2.75, 3.05) is 13.1 Å². The second kappa shape index (κ2) is 5.38. The van der Waals surface area contributed by atoms with Crippen molar-refractivity contribution in [3.8, 4) is 17.2 Å². The summed E-state index contributed by atoms with van der Waals surface area (Å²) in [5.74, 6) is 0. The van der Waals surface area contributed by atoms with Gasteiger partial charge in [-0.15, -0.1) is 0 Å². The predicted octanol–water partition coefficient (Wildman–Crippen LogP) is 1.98. The number of hydrogen-bond acceptors (Lipinski definition) is 4. The molecule has 3 aromatic rings. The third-order valence-electron chi connectivity index (χ3n) is 4.18. The fraction of sp³-hybridized carbons (Fsp3) is 0.235. The molecule has 4 rings (SSSR count). The Balaban J connectivity index is 1.98. The maximum absolute atomic E-state index is 9.39. The Labute approximate surface area is 133 Å². The molecular formula is C17H16N6. The second-order valence-electron chi connectivity index (χ2n) is 5.69. The van der Waals surface area contributed by atoms with Crippen LogP contribution >= 0.6 is 0 Å². The van der Waals surface area contributed by atoms with Gasteiger partial charge in [-0.05, 0) is 24.6 Å². The summed E-state index contributed by atoms with van der Waals surface area (Å²) < 4.78 is 3.59. The van der Waals surface area contributed by atoms with Crippen molar-refractivity contribution in [2.24, 2.45) is 7.05 Å². The summed E-state index contributed by atoms with van der Waals surface area (Å²) in [5, 5.41) is 21.3. The Bertz CT molecular complexity index is 953. The summed E-state index contributed by atoms with van der Waals surface area (Å²) in [6, 6.07) is 4.40. The van der Waals surface area contributed by atoms with Crippen LogP contribution in [0.15, 0.2) is 36.9 Å². The standard InChI is InChI=1S/C17H16N6/c1-22-10-15(9-20-22)13-6-16(12-2-4-19-5-3-12)17-14(7-18)8-21-23(17)11-13/h2,6,8-11,19H,3-5H2,1H3. The lowest BCUT2D eigenvalue weighted by atomic mass is 9.96. The topological polar surface area (TPSA) is 70.9 Å². The Morgan fingerprint density at radius 2 is 2.13 bits per heavy atom. The fourth-order valence-electron chi connectivity index (χ4n) is 3.04. The van der Waals surface area contributed by atoms with E-state index in [2.05, 4.69) is 33.7 Å². The van der Waals surface area contributed by atoms with E-state index >= 15 is 0 Å². The van der Waals surface area contributed by atoms with Gasteiger partial charge in [-0.1, -0.05) is 6.08 Å². The highest BCUT2D eigenvalue weighted by atomic mass is 15.2. The first kappa shape index (κ1) is 13.7. The van der Waals surface area contributed by atoms with Gasteiger partial charge in [0.1, 0.15) is 6.07 Å². The van der Waals surface area contributed by atoms with Crippen LogP contribution in [0.3, 0.4) is 0 Å². The lowest BCUT2D eigenvalue weighted by Crippen LogP contribution is -2.20. The summed E-state index contributed by atoms with van der Waals surface area (Å²) >= 11 is 0. The number of pyridine rings is 1. The molecule has 6 heteroatoms. The van der Waals surface area contributed by atoms with Crippen molar-refractivity contribution >= 4 is 11.1 Å². The smallest absolute Gasteiger partial charge is 0.103 e. The zero-order valence-electron chi connectivity index (χ0n) is 12.8. The van der Waals surface area contributed by atoms with Gasteiger partial charge in [-0.25, -0.2) is 4.52 Å². The molecule has 0 atom stereocenters. The zero-order valence-corrected chi connectivity index (χ0v) is 12.8. The van der Waals surface area contributed by atoms with Gasteiger partial charge in [0.2, 0.25) is 0 Å². The van der Waals surface area contributed by atoms with Crippen molar-refractivity contribution in [3.63, 3.8) is 0 Å². The number of fused-ring (bicyclic) bond motifs is 1. The molecule has 23 heavy (non-hydrogen) atoms. The molecule has 3 aromatic heterocycles. The van der Waals surface area contributed by atoms with E-state index in [0.717, 1.165) is 41.7 Å². The van der Waals surface area contributed by atoms with Gasteiger partial charge in [-0.2, -0.15) is 15.5 Å². The number of aryl methyl sites for hydroxylation is 1. The molecule has 0 aromatic carbocycles. The average Bonchev–Trinajstić information content (AvgIpc) is 3.20. The summed E-state index contributed by atoms with van der Waals surface area (Å²) in [4.78, 5) is 0. The lowest BCUT2D eigenvalue weighted by Gasteiger charge is -2.16. The highest BCUT2D eigenvalue weighted by Gasteiger charge is 2.16. The van der Waals surface area contributed by atoms with Crippen molar-refractivity contribution in [1.29, 1.82) is 5.26 Å². The second-order valence-corrected chi connectivity index (χ2v) is 5.69. The van der Waals surface area contributed by atoms with Crippen LogP contribution in [0.4, 0.5) is 0 Å². The van der Waals surface area contributed by atoms with Crippen molar-refractivity contribution in [3.05, 3.63) is 48.1 Å². The molecule has 0 unspecified atom stereocenters. The number of nitrogens with zero attached hydrogens (tertiary/aromatic N) is 5. The van der Waals surface area contributed by atoms with Gasteiger partial charge in [0, 0.05) is 42.7 Å². The molecule has 0 radical (unpaired) electrons. The molecule has 1 aliphatic rings. The third-order valence-corrected chi connectivity index (χ3v) is 4.18. The SMILES string of the molecule is Cn1cc(-c2cc(C3=CCNCC3)c3c(C#N)cnn3c2)cn1. The first-order valence-corrected chi connectivity index (χ1v) is 7.57. The van der Waals surface area contributed by atoms with Gasteiger partial charge < -0.3 is 5.32 Å². The third kappa shape index (κ3) is 2.31. The van der Waals surface area contributed by atoms with Crippen molar-refractivity contribution in [1.82, 2.24) is 24.7 Å². The summed E-state index contributed by atoms with van der Waals surface area (Å²) in [6.45, 7) is 1.81. The Morgan fingerprint density at radius 3 is 2.83 bits per heavy atom. The maximum atomic E-state index is 9.39. The Morgan fingerprint density at radius 1 is 1.22 bits per heavy atom. The summed E-state index contributed by atoms with van der Waals surface area (Å²) in [7, 11) is 1.90. The average molecular weight is 304 g/mol. The maximum Gasteiger partial charge on any atom is 0.103 e. The predicted molar refractivity (Wildman–Crippen MR) is 87.6 cm³/mol. The molecule has 0 spiro atoms. The van der Waals surface area contributed by atoms with E-state index < -0.39 is 0 Å². The van der Waals surface area contributed by atoms with Crippen LogP contribution in [0.25, 0.3) is 22.2 Å². The van der Waals surface area contributed by atoms with Crippen molar-refractivity contribution < 1.29 is 0 Å². The van der Waals surface area contributed by atoms with Crippen LogP contribution in [0, 0.1) is 11.3 Å². The van der Waals surface area contributed by atoms with E-state index in [1.54, 1.807) is 15.4 Å². The molecule has 0 amide bonds. The minimum Gasteiger partial charge on any atom is -0.313 e. The van der Waals surface area contributed by atoms with E-state index in [4.69, 9.17) is 0 Å². The lowest BCUT2D eigenvalue weighted by molar-refractivity contribution is 0.738. The largest absolute Gasteiger partial charge is 0.313 e. The quantitative estimate of drug-likeness (QED) is 0.786. The fourth-order valence-corrected chi connectivity index (χ4v) is 3.04. The number of rotatable bonds is 2. The molecular weight excluding hydrogens is 288 g/mol. The van der Waals surface area contributed by atoms with Crippen LogP contribution in [-0.2, 0) is 7.05 Å². The summed E-state index contributed by atoms with van der Waals surface area (Å²) in [5.41, 5.74) is 5.93. The zero-order chi connectivity index (χ0) is 15.8. The molecule has 114 valence electrons. The molecule has 6 nitrogen and oxygen atoms in total. The van der Waals surface area contributed by atoms with Crippen LogP contribution in [0.5, 0.6) is 0 Å². The molecule has 0 bridgehead atoms.